The van der Waals surface area contributed by atoms with Crippen LogP contribution in [0.25, 0.3) is 0 Å². The van der Waals surface area contributed by atoms with Crippen molar-refractivity contribution in [1.82, 2.24) is 20.1 Å². The monoisotopic (exact) mass is 384 g/mol. The molecule has 0 aliphatic heterocycles. The predicted octanol–water partition coefficient (Wildman–Crippen LogP) is 2.70. The fourth-order valence-electron chi connectivity index (χ4n) is 1.66. The Morgan fingerprint density at radius 3 is 2.19 bits per heavy atom. The van der Waals surface area contributed by atoms with E-state index in [1.165, 1.54) is 12.3 Å². The fraction of sp³-hybridized carbons (Fsp3) is 0.357. The van der Waals surface area contributed by atoms with Crippen LogP contribution in [0, 0.1) is 0 Å². The number of halogens is 6. The normalized spacial score (nSPS) is 11.7. The summed E-state index contributed by atoms with van der Waals surface area (Å²) in [5.74, 6) is -2.76. The number of nitrogens with zero attached hydrogens (tertiary/aromatic N) is 3. The lowest BCUT2D eigenvalue weighted by molar-refractivity contribution is -0.192. The number of carboxylic acid groups (broad SMARTS) is 1. The lowest BCUT2D eigenvalue weighted by Crippen LogP contribution is -2.21. The van der Waals surface area contributed by atoms with Crippen molar-refractivity contribution in [2.75, 3.05) is 7.05 Å². The predicted molar refractivity (Wildman–Crippen MR) is 77.0 cm³/mol. The number of aromatic nitrogens is 3. The molecule has 2 N–H and O–H groups in total. The van der Waals surface area contributed by atoms with Crippen LogP contribution in [0.1, 0.15) is 16.8 Å². The number of carboxylic acids is 1. The van der Waals surface area contributed by atoms with E-state index in [-0.39, 0.29) is 0 Å². The molecule has 0 aromatic carbocycles. The zero-order valence-electron chi connectivity index (χ0n) is 13.3. The number of nitrogens with one attached hydrogen (secondary N) is 1. The molecule has 6 nitrogen and oxygen atoms in total. The lowest BCUT2D eigenvalue weighted by atomic mass is 10.2. The maximum Gasteiger partial charge on any atom is 0.490 e. The minimum atomic E-state index is -5.08. The van der Waals surface area contributed by atoms with Gasteiger partial charge in [-0.2, -0.15) is 31.4 Å². The first-order valence-corrected chi connectivity index (χ1v) is 6.91. The molecule has 0 fully saturated rings. The van der Waals surface area contributed by atoms with Gasteiger partial charge < -0.3 is 10.4 Å². The Morgan fingerprint density at radius 1 is 1.15 bits per heavy atom. The molecule has 2 heterocycles. The molecule has 0 saturated carbocycles. The van der Waals surface area contributed by atoms with Crippen molar-refractivity contribution in [1.29, 1.82) is 0 Å². The molecule has 0 bridgehead atoms. The highest BCUT2D eigenvalue weighted by Gasteiger charge is 2.38. The molecule has 0 spiro atoms. The van der Waals surface area contributed by atoms with E-state index in [4.69, 9.17) is 9.90 Å². The van der Waals surface area contributed by atoms with Gasteiger partial charge in [-0.25, -0.2) is 4.79 Å². The Bertz CT molecular complexity index is 709. The van der Waals surface area contributed by atoms with Crippen LogP contribution in [0.2, 0.25) is 0 Å². The van der Waals surface area contributed by atoms with Crippen LogP contribution in [0.15, 0.2) is 30.7 Å². The summed E-state index contributed by atoms with van der Waals surface area (Å²) in [6, 6.07) is 2.39. The van der Waals surface area contributed by atoms with Crippen LogP contribution in [0.4, 0.5) is 26.3 Å². The second-order valence-electron chi connectivity index (χ2n) is 4.93. The number of pyridine rings is 1. The van der Waals surface area contributed by atoms with Crippen LogP contribution in [0.3, 0.4) is 0 Å². The summed E-state index contributed by atoms with van der Waals surface area (Å²) in [5, 5.41) is 14.2. The first-order valence-electron chi connectivity index (χ1n) is 6.91. The molecule has 0 saturated heterocycles. The second kappa shape index (κ2) is 8.65. The van der Waals surface area contributed by atoms with Gasteiger partial charge in [0.05, 0.1) is 12.7 Å². The molecular weight excluding hydrogens is 370 g/mol. The molecule has 12 heteroatoms. The summed E-state index contributed by atoms with van der Waals surface area (Å²) < 4.78 is 70.4. The van der Waals surface area contributed by atoms with Gasteiger partial charge in [0.25, 0.3) is 0 Å². The van der Waals surface area contributed by atoms with Crippen LogP contribution < -0.4 is 5.32 Å². The van der Waals surface area contributed by atoms with Crippen molar-refractivity contribution in [3.63, 3.8) is 0 Å². The number of aliphatic carboxylic acids is 1. The van der Waals surface area contributed by atoms with Gasteiger partial charge in [0.15, 0.2) is 0 Å². The second-order valence-corrected chi connectivity index (χ2v) is 4.93. The van der Waals surface area contributed by atoms with Crippen molar-refractivity contribution in [2.24, 2.45) is 0 Å². The van der Waals surface area contributed by atoms with E-state index in [1.807, 2.05) is 13.2 Å². The van der Waals surface area contributed by atoms with Crippen molar-refractivity contribution in [2.45, 2.75) is 25.4 Å². The van der Waals surface area contributed by atoms with Crippen molar-refractivity contribution in [3.05, 3.63) is 47.5 Å². The molecule has 26 heavy (non-hydrogen) atoms. The van der Waals surface area contributed by atoms with Gasteiger partial charge in [0.2, 0.25) is 0 Å². The molecule has 2 rings (SSSR count). The van der Waals surface area contributed by atoms with E-state index in [0.717, 1.165) is 11.6 Å². The van der Waals surface area contributed by atoms with E-state index in [1.54, 1.807) is 10.9 Å². The van der Waals surface area contributed by atoms with Gasteiger partial charge in [0, 0.05) is 24.5 Å². The maximum absolute atomic E-state index is 12.3. The molecule has 0 unspecified atom stereocenters. The molecule has 0 atom stereocenters. The standard InChI is InChI=1S/C12H13F3N4.C2HF3O2/c1-16-4-10-6-18-19(8-10)7-9-2-3-11(17-5-9)12(13,14)15;3-2(4,5)1(6)7/h2-3,5-6,8,16H,4,7H2,1H3;(H,6,7). The molecule has 0 radical (unpaired) electrons. The van der Waals surface area contributed by atoms with Crippen LogP contribution in [-0.4, -0.2) is 39.1 Å². The summed E-state index contributed by atoms with van der Waals surface area (Å²) in [7, 11) is 1.83. The van der Waals surface area contributed by atoms with Gasteiger partial charge in [-0.3, -0.25) is 9.67 Å². The SMILES string of the molecule is CNCc1cnn(Cc2ccc(C(F)(F)F)nc2)c1.O=C(O)C(F)(F)F. The van der Waals surface area contributed by atoms with Gasteiger partial charge in [-0.15, -0.1) is 0 Å². The van der Waals surface area contributed by atoms with Gasteiger partial charge in [-0.05, 0) is 18.7 Å². The number of rotatable bonds is 4. The highest BCUT2D eigenvalue weighted by atomic mass is 19.4. The third kappa shape index (κ3) is 7.09. The Kier molecular flexibility index (Phi) is 7.12. The number of hydrogen-bond acceptors (Lipinski definition) is 4. The van der Waals surface area contributed by atoms with Crippen molar-refractivity contribution in [3.8, 4) is 0 Å². The Hall–Kier alpha value is -2.63. The number of hydrogen-bond donors (Lipinski definition) is 2. The molecule has 0 amide bonds. The third-order valence-electron chi connectivity index (χ3n) is 2.77. The van der Waals surface area contributed by atoms with Gasteiger partial charge in [-0.1, -0.05) is 6.07 Å². The summed E-state index contributed by atoms with van der Waals surface area (Å²) in [4.78, 5) is 12.3. The van der Waals surface area contributed by atoms with Crippen LogP contribution in [0.5, 0.6) is 0 Å². The topological polar surface area (TPSA) is 80.0 Å². The van der Waals surface area contributed by atoms with Gasteiger partial charge in [0.1, 0.15) is 5.69 Å². The van der Waals surface area contributed by atoms with Crippen LogP contribution >= 0.6 is 0 Å². The fourth-order valence-corrected chi connectivity index (χ4v) is 1.66. The summed E-state index contributed by atoms with van der Waals surface area (Å²) in [6.07, 6.45) is -4.70. The maximum atomic E-state index is 12.3. The summed E-state index contributed by atoms with van der Waals surface area (Å²) in [6.45, 7) is 1.10. The van der Waals surface area contributed by atoms with Crippen molar-refractivity contribution >= 4 is 5.97 Å². The average molecular weight is 384 g/mol. The molecule has 2 aromatic rings. The van der Waals surface area contributed by atoms with E-state index >= 15 is 0 Å². The van der Waals surface area contributed by atoms with Crippen molar-refractivity contribution < 1.29 is 36.2 Å². The van der Waals surface area contributed by atoms with E-state index in [0.29, 0.717) is 18.7 Å². The average Bonchev–Trinajstić information content (AvgIpc) is 2.94. The Labute approximate surface area is 143 Å². The van der Waals surface area contributed by atoms with E-state index in [9.17, 15) is 26.3 Å². The van der Waals surface area contributed by atoms with E-state index < -0.39 is 24.0 Å². The smallest absolute Gasteiger partial charge is 0.475 e. The highest BCUT2D eigenvalue weighted by Crippen LogP contribution is 2.27. The number of carbonyl (C=O) groups is 1. The zero-order chi connectivity index (χ0) is 20.0. The molecular formula is C14H14F6N4O2. The molecule has 2 aromatic heterocycles. The minimum absolute atomic E-state index is 0.398. The van der Waals surface area contributed by atoms with Gasteiger partial charge >= 0.3 is 18.3 Å². The van der Waals surface area contributed by atoms with Crippen LogP contribution in [-0.2, 0) is 24.1 Å². The summed E-state index contributed by atoms with van der Waals surface area (Å²) >= 11 is 0. The minimum Gasteiger partial charge on any atom is -0.475 e. The quantitative estimate of drug-likeness (QED) is 0.793. The first kappa shape index (κ1) is 21.4. The summed E-state index contributed by atoms with van der Waals surface area (Å²) in [5.41, 5.74) is 0.807. The Morgan fingerprint density at radius 2 is 1.77 bits per heavy atom. The first-order chi connectivity index (χ1) is 11.9. The molecule has 0 aliphatic carbocycles. The molecule has 144 valence electrons. The Balaban J connectivity index is 0.000000412. The largest absolute Gasteiger partial charge is 0.490 e. The third-order valence-corrected chi connectivity index (χ3v) is 2.77. The lowest BCUT2D eigenvalue weighted by Gasteiger charge is -2.06. The zero-order valence-corrected chi connectivity index (χ0v) is 13.3. The van der Waals surface area contributed by atoms with E-state index in [2.05, 4.69) is 15.4 Å². The molecule has 0 aliphatic rings. The number of alkyl halides is 6. The highest BCUT2D eigenvalue weighted by molar-refractivity contribution is 5.73.